The van der Waals surface area contributed by atoms with E-state index in [1.165, 1.54) is 21.3 Å². The highest BCUT2D eigenvalue weighted by atomic mass is 16.6. The molecule has 0 aliphatic carbocycles. The number of likely N-dealkylation sites (N-methyl/N-ethyl adjacent to an activating group) is 1. The number of ether oxygens (including phenoxy) is 1. The van der Waals surface area contributed by atoms with Gasteiger partial charge in [0.05, 0.1) is 6.10 Å². The molecule has 9 nitrogen and oxygen atoms in total. The van der Waals surface area contributed by atoms with E-state index in [0.717, 1.165) is 0 Å². The monoisotopic (exact) mass is 378 g/mol. The second-order valence-corrected chi connectivity index (χ2v) is 5.55. The Hall–Kier alpha value is -3.10. The van der Waals surface area contributed by atoms with Gasteiger partial charge in [-0.15, -0.1) is 0 Å². The van der Waals surface area contributed by atoms with Crippen LogP contribution < -0.4 is 5.32 Å². The van der Waals surface area contributed by atoms with Crippen molar-refractivity contribution in [1.82, 2.24) is 5.32 Å². The Kier molecular flexibility index (Phi) is 9.35. The molecule has 0 aliphatic heterocycles. The van der Waals surface area contributed by atoms with Gasteiger partial charge in [0.2, 0.25) is 0 Å². The molecule has 0 spiro atoms. The lowest BCUT2D eigenvalue weighted by Crippen LogP contribution is -2.29. The van der Waals surface area contributed by atoms with Gasteiger partial charge in [0, 0.05) is 18.2 Å². The maximum Gasteiger partial charge on any atom is 0.275 e. The molecule has 1 N–H and O–H groups in total. The third kappa shape index (κ3) is 6.96. The fourth-order valence-corrected chi connectivity index (χ4v) is 2.02. The number of amides is 1. The smallest absolute Gasteiger partial charge is 0.275 e. The quantitative estimate of drug-likeness (QED) is 0.402. The molecule has 0 saturated heterocycles. The molecule has 1 amide bonds. The van der Waals surface area contributed by atoms with Crippen molar-refractivity contribution in [2.75, 3.05) is 21.3 Å². The van der Waals surface area contributed by atoms with Gasteiger partial charge in [-0.3, -0.25) is 4.79 Å². The zero-order chi connectivity index (χ0) is 20.2. The molecule has 27 heavy (non-hydrogen) atoms. The summed E-state index contributed by atoms with van der Waals surface area (Å²) in [6.45, 7) is 5.53. The van der Waals surface area contributed by atoms with Crippen LogP contribution in [0, 0.1) is 0 Å². The normalized spacial score (nSPS) is 12.6. The van der Waals surface area contributed by atoms with Crippen molar-refractivity contribution >= 4 is 23.2 Å². The first kappa shape index (κ1) is 21.9. The highest BCUT2D eigenvalue weighted by Crippen LogP contribution is 2.13. The maximum atomic E-state index is 12.1. The number of hydrogen-bond acceptors (Lipinski definition) is 8. The van der Waals surface area contributed by atoms with Crippen LogP contribution in [0.15, 0.2) is 39.7 Å². The minimum Gasteiger partial charge on any atom is -0.472 e. The predicted octanol–water partition coefficient (Wildman–Crippen LogP) is 2.06. The van der Waals surface area contributed by atoms with Gasteiger partial charge in [-0.25, -0.2) is 0 Å². The first-order valence-electron chi connectivity index (χ1n) is 8.30. The molecular formula is C18H26N4O5. The van der Waals surface area contributed by atoms with Gasteiger partial charge in [-0.2, -0.15) is 0 Å². The van der Waals surface area contributed by atoms with Crippen molar-refractivity contribution in [2.45, 2.75) is 33.5 Å². The highest BCUT2D eigenvalue weighted by molar-refractivity contribution is 6.45. The zero-order valence-corrected chi connectivity index (χ0v) is 16.5. The largest absolute Gasteiger partial charge is 0.472 e. The van der Waals surface area contributed by atoms with Crippen LogP contribution in [0.1, 0.15) is 31.9 Å². The summed E-state index contributed by atoms with van der Waals surface area (Å²) < 4.78 is 5.52. The van der Waals surface area contributed by atoms with E-state index in [4.69, 9.17) is 19.2 Å². The Labute approximate surface area is 159 Å². The molecule has 1 aromatic carbocycles. The van der Waals surface area contributed by atoms with Crippen LogP contribution in [0.25, 0.3) is 0 Å². The number of rotatable bonds is 9. The first-order valence-corrected chi connectivity index (χ1v) is 8.30. The number of oxime groups is 3. The van der Waals surface area contributed by atoms with Crippen molar-refractivity contribution in [3.05, 3.63) is 35.4 Å². The lowest BCUT2D eigenvalue weighted by atomic mass is 10.0. The zero-order valence-electron chi connectivity index (χ0n) is 16.5. The van der Waals surface area contributed by atoms with E-state index < -0.39 is 0 Å². The van der Waals surface area contributed by atoms with Gasteiger partial charge < -0.3 is 24.6 Å². The molecular weight excluding hydrogens is 352 g/mol. The SMILES string of the molecule is CNC(=O)/C(=N/OC)c1ccccc1CO/N=C(C)/C(=N/OC)OC(C)C. The minimum atomic E-state index is -0.371. The molecule has 148 valence electrons. The molecule has 0 atom stereocenters. The molecule has 0 fully saturated rings. The van der Waals surface area contributed by atoms with E-state index in [-0.39, 0.29) is 30.2 Å². The van der Waals surface area contributed by atoms with Crippen molar-refractivity contribution < 1.29 is 24.0 Å². The van der Waals surface area contributed by atoms with Gasteiger partial charge in [-0.05, 0) is 25.9 Å². The molecule has 0 aliphatic rings. The summed E-state index contributed by atoms with van der Waals surface area (Å²) in [6.07, 6.45) is -0.0925. The third-order valence-corrected chi connectivity index (χ3v) is 3.15. The van der Waals surface area contributed by atoms with E-state index in [9.17, 15) is 4.79 Å². The van der Waals surface area contributed by atoms with Crippen LogP contribution in [0.2, 0.25) is 0 Å². The van der Waals surface area contributed by atoms with E-state index in [1.54, 1.807) is 19.1 Å². The fraction of sp³-hybridized carbons (Fsp3) is 0.444. The second-order valence-electron chi connectivity index (χ2n) is 5.55. The number of hydrogen-bond donors (Lipinski definition) is 1. The van der Waals surface area contributed by atoms with E-state index in [1.807, 2.05) is 26.0 Å². The number of carbonyl (C=O) groups excluding carboxylic acids is 1. The van der Waals surface area contributed by atoms with Gasteiger partial charge in [0.15, 0.2) is 5.71 Å². The number of benzene rings is 1. The highest BCUT2D eigenvalue weighted by Gasteiger charge is 2.17. The van der Waals surface area contributed by atoms with Crippen LogP contribution in [0.4, 0.5) is 0 Å². The van der Waals surface area contributed by atoms with Gasteiger partial charge in [-0.1, -0.05) is 34.6 Å². The summed E-state index contributed by atoms with van der Waals surface area (Å²) in [7, 11) is 4.32. The second kappa shape index (κ2) is 11.5. The van der Waals surface area contributed by atoms with Crippen LogP contribution >= 0.6 is 0 Å². The van der Waals surface area contributed by atoms with E-state index in [2.05, 4.69) is 20.8 Å². The summed E-state index contributed by atoms with van der Waals surface area (Å²) in [4.78, 5) is 27.0. The number of nitrogens with zero attached hydrogens (tertiary/aromatic N) is 3. The third-order valence-electron chi connectivity index (χ3n) is 3.15. The van der Waals surface area contributed by atoms with Crippen molar-refractivity contribution in [2.24, 2.45) is 15.5 Å². The lowest BCUT2D eigenvalue weighted by molar-refractivity contribution is -0.114. The summed E-state index contributed by atoms with van der Waals surface area (Å²) in [5.41, 5.74) is 1.85. The molecule has 0 saturated carbocycles. The maximum absolute atomic E-state index is 12.1. The number of carbonyl (C=O) groups is 1. The Morgan fingerprint density at radius 3 is 2.37 bits per heavy atom. The van der Waals surface area contributed by atoms with Gasteiger partial charge in [0.25, 0.3) is 11.8 Å². The Bertz CT molecular complexity index is 713. The predicted molar refractivity (Wildman–Crippen MR) is 103 cm³/mol. The fourth-order valence-electron chi connectivity index (χ4n) is 2.02. The van der Waals surface area contributed by atoms with Crippen LogP contribution in [-0.4, -0.2) is 50.6 Å². The van der Waals surface area contributed by atoms with Crippen molar-refractivity contribution in [1.29, 1.82) is 0 Å². The molecule has 0 heterocycles. The Balaban J connectivity index is 2.99. The lowest BCUT2D eigenvalue weighted by Gasteiger charge is -2.12. The topological polar surface area (TPSA) is 103 Å². The van der Waals surface area contributed by atoms with Crippen LogP contribution in [0.5, 0.6) is 0 Å². The first-order chi connectivity index (χ1) is 12.9. The molecule has 1 aromatic rings. The summed E-state index contributed by atoms with van der Waals surface area (Å²) in [5.74, 6) is -0.142. The average molecular weight is 378 g/mol. The summed E-state index contributed by atoms with van der Waals surface area (Å²) >= 11 is 0. The van der Waals surface area contributed by atoms with E-state index in [0.29, 0.717) is 16.8 Å². The van der Waals surface area contributed by atoms with Crippen LogP contribution in [0.3, 0.4) is 0 Å². The van der Waals surface area contributed by atoms with Crippen LogP contribution in [-0.2, 0) is 30.7 Å². The molecule has 0 radical (unpaired) electrons. The standard InChI is InChI=1S/C18H26N4O5/c1-12(2)27-18(22-25-6)13(3)20-26-11-14-9-7-8-10-15(14)16(21-24-5)17(23)19-4/h7-10,12H,11H2,1-6H3,(H,19,23)/b20-13+,21-16+,22-18-. The van der Waals surface area contributed by atoms with Crippen molar-refractivity contribution in [3.63, 3.8) is 0 Å². The van der Waals surface area contributed by atoms with Crippen molar-refractivity contribution in [3.8, 4) is 0 Å². The average Bonchev–Trinajstić information content (AvgIpc) is 2.65. The Morgan fingerprint density at radius 1 is 1.11 bits per heavy atom. The minimum absolute atomic E-state index is 0.0925. The number of nitrogens with one attached hydrogen (secondary N) is 1. The molecule has 0 bridgehead atoms. The molecule has 9 heteroatoms. The van der Waals surface area contributed by atoms with Gasteiger partial charge >= 0.3 is 0 Å². The molecule has 0 unspecified atom stereocenters. The Morgan fingerprint density at radius 2 is 1.78 bits per heavy atom. The molecule has 1 rings (SSSR count). The summed E-state index contributed by atoms with van der Waals surface area (Å²) in [6, 6.07) is 7.18. The van der Waals surface area contributed by atoms with E-state index >= 15 is 0 Å². The van der Waals surface area contributed by atoms with Gasteiger partial charge in [0.1, 0.15) is 26.5 Å². The molecule has 0 aromatic heterocycles. The summed E-state index contributed by atoms with van der Waals surface area (Å²) in [5, 5.41) is 14.1.